The Balaban J connectivity index is 0.000000371. The molecule has 2 rings (SSSR count). The van der Waals surface area contributed by atoms with Crippen LogP contribution in [0.1, 0.15) is 33.6 Å². The SMILES string of the molecule is C=C(C)C(=O)Oc1ccccc1OC(=O)CC(C)=O.C=CC(=O)Oc1ccccc1OC(=O)CC(C)=O. The van der Waals surface area contributed by atoms with Gasteiger partial charge in [0.2, 0.25) is 0 Å². The van der Waals surface area contributed by atoms with Gasteiger partial charge in [-0.05, 0) is 45.0 Å². The van der Waals surface area contributed by atoms with Gasteiger partial charge in [-0.15, -0.1) is 0 Å². The predicted molar refractivity (Wildman–Crippen MR) is 131 cm³/mol. The minimum Gasteiger partial charge on any atom is -0.422 e. The molecule has 0 radical (unpaired) electrons. The van der Waals surface area contributed by atoms with E-state index in [2.05, 4.69) is 13.2 Å². The number of carbonyl (C=O) groups excluding carboxylic acids is 6. The van der Waals surface area contributed by atoms with E-state index in [0.29, 0.717) is 0 Å². The Bertz CT molecular complexity index is 1210. The van der Waals surface area contributed by atoms with Gasteiger partial charge >= 0.3 is 23.9 Å². The van der Waals surface area contributed by atoms with Gasteiger partial charge in [-0.1, -0.05) is 37.4 Å². The van der Waals surface area contributed by atoms with Crippen molar-refractivity contribution >= 4 is 35.4 Å². The number of esters is 4. The molecule has 0 spiro atoms. The fourth-order valence-corrected chi connectivity index (χ4v) is 2.30. The molecule has 0 saturated carbocycles. The molecule has 0 saturated heterocycles. The van der Waals surface area contributed by atoms with E-state index in [-0.39, 0.29) is 53.0 Å². The van der Waals surface area contributed by atoms with E-state index in [9.17, 15) is 28.8 Å². The second kappa shape index (κ2) is 15.2. The highest BCUT2D eigenvalue weighted by molar-refractivity contribution is 5.96. The maximum atomic E-state index is 11.4. The molecule has 0 fully saturated rings. The quantitative estimate of drug-likeness (QED) is 0.201. The van der Waals surface area contributed by atoms with Crippen LogP contribution in [-0.2, 0) is 28.8 Å². The maximum Gasteiger partial charge on any atom is 0.338 e. The molecule has 0 aliphatic rings. The van der Waals surface area contributed by atoms with E-state index >= 15 is 0 Å². The number of rotatable bonds is 10. The van der Waals surface area contributed by atoms with Crippen molar-refractivity contribution in [3.8, 4) is 23.0 Å². The van der Waals surface area contributed by atoms with Gasteiger partial charge in [0, 0.05) is 11.6 Å². The highest BCUT2D eigenvalue weighted by Crippen LogP contribution is 2.28. The highest BCUT2D eigenvalue weighted by Gasteiger charge is 2.15. The van der Waals surface area contributed by atoms with Crippen LogP contribution in [-0.4, -0.2) is 35.4 Å². The van der Waals surface area contributed by atoms with E-state index in [1.807, 2.05) is 0 Å². The Labute approximate surface area is 213 Å². The normalized spacial score (nSPS) is 9.49. The third-order valence-corrected chi connectivity index (χ3v) is 3.86. The van der Waals surface area contributed by atoms with Crippen LogP contribution >= 0.6 is 0 Å². The monoisotopic (exact) mass is 510 g/mol. The molecule has 37 heavy (non-hydrogen) atoms. The van der Waals surface area contributed by atoms with Gasteiger partial charge in [0.05, 0.1) is 0 Å². The average molecular weight is 510 g/mol. The number of hydrogen-bond acceptors (Lipinski definition) is 10. The summed E-state index contributed by atoms with van der Waals surface area (Å²) in [6.45, 7) is 10.8. The smallest absolute Gasteiger partial charge is 0.338 e. The van der Waals surface area contributed by atoms with E-state index in [0.717, 1.165) is 6.08 Å². The lowest BCUT2D eigenvalue weighted by atomic mass is 10.3. The molecule has 2 aromatic carbocycles. The summed E-state index contributed by atoms with van der Waals surface area (Å²) in [5, 5.41) is 0. The number of para-hydroxylation sites is 4. The van der Waals surface area contributed by atoms with Crippen molar-refractivity contribution in [3.05, 3.63) is 73.3 Å². The number of carbonyl (C=O) groups is 6. The van der Waals surface area contributed by atoms with Gasteiger partial charge in [0.1, 0.15) is 24.4 Å². The Morgan fingerprint density at radius 1 is 0.649 bits per heavy atom. The summed E-state index contributed by atoms with van der Waals surface area (Å²) in [6, 6.07) is 12.4. The lowest BCUT2D eigenvalue weighted by molar-refractivity contribution is -0.139. The Morgan fingerprint density at radius 3 is 1.32 bits per heavy atom. The van der Waals surface area contributed by atoms with Crippen molar-refractivity contribution < 1.29 is 47.7 Å². The Kier molecular flexibility index (Phi) is 12.4. The molecule has 0 amide bonds. The van der Waals surface area contributed by atoms with Gasteiger partial charge in [0.15, 0.2) is 23.0 Å². The minimum atomic E-state index is -0.704. The van der Waals surface area contributed by atoms with Crippen LogP contribution in [0.2, 0.25) is 0 Å². The minimum absolute atomic E-state index is 0.0824. The van der Waals surface area contributed by atoms with Gasteiger partial charge in [-0.25, -0.2) is 9.59 Å². The first-order chi connectivity index (χ1) is 17.4. The van der Waals surface area contributed by atoms with Crippen molar-refractivity contribution in [1.82, 2.24) is 0 Å². The molecule has 10 heteroatoms. The van der Waals surface area contributed by atoms with Crippen LogP contribution in [0.25, 0.3) is 0 Å². The third kappa shape index (κ3) is 11.9. The summed E-state index contributed by atoms with van der Waals surface area (Å²) in [4.78, 5) is 66.7. The first-order valence-electron chi connectivity index (χ1n) is 10.7. The first kappa shape index (κ1) is 30.2. The van der Waals surface area contributed by atoms with E-state index in [4.69, 9.17) is 18.9 Å². The number of ketones is 2. The van der Waals surface area contributed by atoms with Crippen LogP contribution in [0.3, 0.4) is 0 Å². The molecular formula is C27H26O10. The van der Waals surface area contributed by atoms with Crippen LogP contribution < -0.4 is 18.9 Å². The first-order valence-corrected chi connectivity index (χ1v) is 10.7. The van der Waals surface area contributed by atoms with Gasteiger partial charge < -0.3 is 18.9 Å². The molecule has 0 N–H and O–H groups in total. The molecule has 0 aliphatic carbocycles. The van der Waals surface area contributed by atoms with E-state index < -0.39 is 23.9 Å². The lowest BCUT2D eigenvalue weighted by Gasteiger charge is -2.09. The summed E-state index contributed by atoms with van der Waals surface area (Å²) in [5.74, 6) is -2.92. The molecular weight excluding hydrogens is 484 g/mol. The molecule has 0 bridgehead atoms. The molecule has 0 heterocycles. The molecule has 0 aromatic heterocycles. The standard InChI is InChI=1S/C14H14O5.C13H12O5/c1-9(2)14(17)19-12-7-5-4-6-11(12)18-13(16)8-10(3)15;1-3-12(15)17-10-6-4-5-7-11(10)18-13(16)8-9(2)14/h4-7H,1,8H2,2-3H3;3-7H,1,8H2,2H3. The molecule has 194 valence electrons. The van der Waals surface area contributed by atoms with Crippen LogP contribution in [0, 0.1) is 0 Å². The summed E-state index contributed by atoms with van der Waals surface area (Å²) in [5.41, 5.74) is 0.227. The largest absolute Gasteiger partial charge is 0.422 e. The molecule has 2 aromatic rings. The van der Waals surface area contributed by atoms with Gasteiger partial charge in [-0.3, -0.25) is 19.2 Å². The zero-order valence-corrected chi connectivity index (χ0v) is 20.6. The summed E-state index contributed by atoms with van der Waals surface area (Å²) >= 11 is 0. The molecule has 0 atom stereocenters. The molecule has 0 aliphatic heterocycles. The van der Waals surface area contributed by atoms with Crippen molar-refractivity contribution in [1.29, 1.82) is 0 Å². The fraction of sp³-hybridized carbons (Fsp3) is 0.185. The highest BCUT2D eigenvalue weighted by atomic mass is 16.6. The van der Waals surface area contributed by atoms with Crippen molar-refractivity contribution in [2.75, 3.05) is 0 Å². The number of hydrogen-bond donors (Lipinski definition) is 0. The summed E-state index contributed by atoms with van der Waals surface area (Å²) < 4.78 is 19.8. The maximum absolute atomic E-state index is 11.4. The molecule has 10 nitrogen and oxygen atoms in total. The number of Topliss-reactive ketones (excluding diaryl/α,β-unsaturated/α-hetero) is 2. The van der Waals surface area contributed by atoms with Gasteiger partial charge in [0.25, 0.3) is 0 Å². The zero-order chi connectivity index (χ0) is 28.0. The summed E-state index contributed by atoms with van der Waals surface area (Å²) in [7, 11) is 0. The predicted octanol–water partition coefficient (Wildman–Crippen LogP) is 3.72. The molecule has 0 unspecified atom stereocenters. The Hall–Kier alpha value is -4.86. The van der Waals surface area contributed by atoms with Gasteiger partial charge in [-0.2, -0.15) is 0 Å². The van der Waals surface area contributed by atoms with Crippen molar-refractivity contribution in [2.24, 2.45) is 0 Å². The average Bonchev–Trinajstić information content (AvgIpc) is 2.80. The summed E-state index contributed by atoms with van der Waals surface area (Å²) in [6.07, 6.45) is 0.334. The fourth-order valence-electron chi connectivity index (χ4n) is 2.30. The zero-order valence-electron chi connectivity index (χ0n) is 20.6. The van der Waals surface area contributed by atoms with E-state index in [1.54, 1.807) is 24.3 Å². The second-order valence-corrected chi connectivity index (χ2v) is 7.39. The van der Waals surface area contributed by atoms with Crippen molar-refractivity contribution in [2.45, 2.75) is 33.6 Å². The van der Waals surface area contributed by atoms with Crippen molar-refractivity contribution in [3.63, 3.8) is 0 Å². The Morgan fingerprint density at radius 2 is 1.00 bits per heavy atom. The number of benzene rings is 2. The van der Waals surface area contributed by atoms with Crippen LogP contribution in [0.15, 0.2) is 73.3 Å². The topological polar surface area (TPSA) is 139 Å². The number of ether oxygens (including phenoxy) is 4. The third-order valence-electron chi connectivity index (χ3n) is 3.86. The van der Waals surface area contributed by atoms with E-state index in [1.165, 1.54) is 45.0 Å². The lowest BCUT2D eigenvalue weighted by Crippen LogP contribution is -2.14. The van der Waals surface area contributed by atoms with Crippen LogP contribution in [0.4, 0.5) is 0 Å². The second-order valence-electron chi connectivity index (χ2n) is 7.39. The van der Waals surface area contributed by atoms with Crippen LogP contribution in [0.5, 0.6) is 23.0 Å².